The fraction of sp³-hybridized carbons (Fsp3) is 0.150. The van der Waals surface area contributed by atoms with Crippen LogP contribution in [0.25, 0.3) is 16.6 Å². The summed E-state index contributed by atoms with van der Waals surface area (Å²) in [6.07, 6.45) is 4.82. The number of hydrogen-bond donors (Lipinski definition) is 1. The first-order valence-electron chi connectivity index (χ1n) is 8.65. The quantitative estimate of drug-likeness (QED) is 0.578. The summed E-state index contributed by atoms with van der Waals surface area (Å²) in [6, 6.07) is 9.36. The van der Waals surface area contributed by atoms with Crippen molar-refractivity contribution in [1.82, 2.24) is 14.0 Å². The number of nitrogens with zero attached hydrogens (tertiary/aromatic N) is 3. The summed E-state index contributed by atoms with van der Waals surface area (Å²) in [5, 5.41) is 2.72. The molecule has 0 bridgehead atoms. The van der Waals surface area contributed by atoms with Gasteiger partial charge in [0, 0.05) is 31.4 Å². The minimum atomic E-state index is -0.447. The number of amides is 1. The minimum absolute atomic E-state index is 0.0282. The van der Waals surface area contributed by atoms with E-state index in [0.29, 0.717) is 28.0 Å². The number of anilines is 1. The molecule has 0 saturated carbocycles. The Balaban J connectivity index is 1.65. The van der Waals surface area contributed by atoms with Gasteiger partial charge in [0.05, 0.1) is 24.3 Å². The first kappa shape index (κ1) is 17.7. The van der Waals surface area contributed by atoms with Crippen molar-refractivity contribution in [2.75, 3.05) is 12.4 Å². The monoisotopic (exact) mass is 380 g/mol. The van der Waals surface area contributed by atoms with E-state index < -0.39 is 5.82 Å². The number of fused-ring (bicyclic) bond motifs is 3. The van der Waals surface area contributed by atoms with Crippen LogP contribution in [0.4, 0.5) is 10.1 Å². The number of nitrogens with one attached hydrogen (secondary N) is 1. The summed E-state index contributed by atoms with van der Waals surface area (Å²) in [4.78, 5) is 29.2. The van der Waals surface area contributed by atoms with Crippen LogP contribution in [0.5, 0.6) is 5.75 Å². The maximum absolute atomic E-state index is 13.8. The van der Waals surface area contributed by atoms with Gasteiger partial charge in [-0.05, 0) is 30.3 Å². The first-order valence-corrected chi connectivity index (χ1v) is 8.65. The molecule has 0 spiro atoms. The normalized spacial score (nSPS) is 11.1. The second kappa shape index (κ2) is 7.15. The van der Waals surface area contributed by atoms with Crippen LogP contribution >= 0.6 is 0 Å². The lowest BCUT2D eigenvalue weighted by atomic mass is 10.2. The molecular formula is C20H17FN4O3. The molecule has 0 aliphatic heterocycles. The summed E-state index contributed by atoms with van der Waals surface area (Å²) in [6.45, 7) is 0.106. The minimum Gasteiger partial charge on any atom is -0.494 e. The van der Waals surface area contributed by atoms with Crippen molar-refractivity contribution in [3.63, 3.8) is 0 Å². The largest absolute Gasteiger partial charge is 0.494 e. The molecule has 4 aromatic rings. The molecule has 0 aliphatic carbocycles. The molecule has 4 rings (SSSR count). The Morgan fingerprint density at radius 2 is 2.07 bits per heavy atom. The number of carbonyl (C=O) groups is 1. The van der Waals surface area contributed by atoms with Crippen molar-refractivity contribution < 1.29 is 13.9 Å². The number of carbonyl (C=O) groups excluding carboxylic acids is 1. The van der Waals surface area contributed by atoms with E-state index in [9.17, 15) is 14.0 Å². The summed E-state index contributed by atoms with van der Waals surface area (Å²) in [5.41, 5.74) is 1.75. The van der Waals surface area contributed by atoms with Crippen LogP contribution in [-0.2, 0) is 11.3 Å². The van der Waals surface area contributed by atoms with Gasteiger partial charge >= 0.3 is 0 Å². The van der Waals surface area contributed by atoms with Gasteiger partial charge in [0.1, 0.15) is 22.8 Å². The van der Waals surface area contributed by atoms with Gasteiger partial charge < -0.3 is 19.0 Å². The molecule has 28 heavy (non-hydrogen) atoms. The van der Waals surface area contributed by atoms with E-state index in [1.165, 1.54) is 30.0 Å². The van der Waals surface area contributed by atoms with Gasteiger partial charge in [-0.25, -0.2) is 4.39 Å². The van der Waals surface area contributed by atoms with Crippen molar-refractivity contribution in [1.29, 1.82) is 0 Å². The smallest absolute Gasteiger partial charge is 0.275 e. The average Bonchev–Trinajstić information content (AvgIpc) is 3.18. The number of halogens is 1. The predicted molar refractivity (Wildman–Crippen MR) is 103 cm³/mol. The van der Waals surface area contributed by atoms with Gasteiger partial charge in [0.2, 0.25) is 5.91 Å². The molecule has 0 unspecified atom stereocenters. The Bertz CT molecular complexity index is 1250. The van der Waals surface area contributed by atoms with Gasteiger partial charge in [0.25, 0.3) is 5.56 Å². The summed E-state index contributed by atoms with van der Waals surface area (Å²) >= 11 is 0. The molecule has 1 N–H and O–H groups in total. The summed E-state index contributed by atoms with van der Waals surface area (Å²) in [5.74, 6) is -0.266. The highest BCUT2D eigenvalue weighted by molar-refractivity contribution is 5.92. The van der Waals surface area contributed by atoms with E-state index in [1.54, 1.807) is 41.1 Å². The van der Waals surface area contributed by atoms with E-state index in [1.807, 2.05) is 0 Å². The number of aryl methyl sites for hydroxylation is 1. The maximum Gasteiger partial charge on any atom is 0.275 e. The SMILES string of the molecule is COc1ccncc1NC(=O)CCn1c(=O)c2cccn2c2ccc(F)cc21. The average molecular weight is 380 g/mol. The van der Waals surface area contributed by atoms with E-state index in [-0.39, 0.29) is 24.4 Å². The molecule has 142 valence electrons. The van der Waals surface area contributed by atoms with Crippen LogP contribution in [0.2, 0.25) is 0 Å². The Morgan fingerprint density at radius 1 is 1.21 bits per heavy atom. The number of hydrogen-bond acceptors (Lipinski definition) is 4. The molecule has 7 nitrogen and oxygen atoms in total. The number of pyridine rings is 1. The van der Waals surface area contributed by atoms with Crippen LogP contribution in [0.1, 0.15) is 6.42 Å². The summed E-state index contributed by atoms with van der Waals surface area (Å²) in [7, 11) is 1.50. The second-order valence-electron chi connectivity index (χ2n) is 6.23. The highest BCUT2D eigenvalue weighted by atomic mass is 19.1. The molecule has 0 atom stereocenters. The van der Waals surface area contributed by atoms with E-state index >= 15 is 0 Å². The summed E-state index contributed by atoms with van der Waals surface area (Å²) < 4.78 is 22.1. The Kier molecular flexibility index (Phi) is 4.52. The lowest BCUT2D eigenvalue weighted by molar-refractivity contribution is -0.116. The Morgan fingerprint density at radius 3 is 2.89 bits per heavy atom. The highest BCUT2D eigenvalue weighted by Gasteiger charge is 2.13. The molecule has 1 aromatic carbocycles. The molecule has 0 fully saturated rings. The Labute approximate surface area is 159 Å². The lowest BCUT2D eigenvalue weighted by Gasteiger charge is -2.13. The van der Waals surface area contributed by atoms with Crippen molar-refractivity contribution in [3.8, 4) is 5.75 Å². The molecule has 3 aromatic heterocycles. The zero-order chi connectivity index (χ0) is 19.7. The number of methoxy groups -OCH3 is 1. The molecular weight excluding hydrogens is 363 g/mol. The predicted octanol–water partition coefficient (Wildman–Crippen LogP) is 2.83. The Hall–Kier alpha value is -3.68. The lowest BCUT2D eigenvalue weighted by Crippen LogP contribution is -2.25. The van der Waals surface area contributed by atoms with Gasteiger partial charge in [-0.15, -0.1) is 0 Å². The zero-order valence-corrected chi connectivity index (χ0v) is 15.1. The van der Waals surface area contributed by atoms with Crippen LogP contribution in [-0.4, -0.2) is 27.0 Å². The maximum atomic E-state index is 13.8. The highest BCUT2D eigenvalue weighted by Crippen LogP contribution is 2.22. The molecule has 0 radical (unpaired) electrons. The van der Waals surface area contributed by atoms with Crippen LogP contribution in [0.3, 0.4) is 0 Å². The molecule has 1 amide bonds. The topological polar surface area (TPSA) is 77.6 Å². The van der Waals surface area contributed by atoms with Gasteiger partial charge in [-0.1, -0.05) is 0 Å². The van der Waals surface area contributed by atoms with Crippen molar-refractivity contribution in [2.24, 2.45) is 0 Å². The standard InChI is InChI=1S/C20H17FN4O3/c1-28-18-6-8-22-12-14(18)23-19(26)7-10-25-17-11-13(21)4-5-15(17)24-9-2-3-16(24)20(25)27/h2-6,8-9,11-12H,7,10H2,1H3,(H,23,26). The number of rotatable bonds is 5. The third kappa shape index (κ3) is 3.09. The van der Waals surface area contributed by atoms with Crippen LogP contribution < -0.4 is 15.6 Å². The van der Waals surface area contributed by atoms with Gasteiger partial charge in [-0.2, -0.15) is 0 Å². The zero-order valence-electron chi connectivity index (χ0n) is 15.1. The fourth-order valence-corrected chi connectivity index (χ4v) is 3.23. The van der Waals surface area contributed by atoms with E-state index in [2.05, 4.69) is 10.3 Å². The third-order valence-electron chi connectivity index (χ3n) is 4.54. The fourth-order valence-electron chi connectivity index (χ4n) is 3.23. The van der Waals surface area contributed by atoms with Crippen molar-refractivity contribution >= 4 is 28.1 Å². The molecule has 0 saturated heterocycles. The van der Waals surface area contributed by atoms with Gasteiger partial charge in [0.15, 0.2) is 0 Å². The van der Waals surface area contributed by atoms with Crippen molar-refractivity contribution in [2.45, 2.75) is 13.0 Å². The van der Waals surface area contributed by atoms with Crippen LogP contribution in [0.15, 0.2) is 59.8 Å². The third-order valence-corrected chi connectivity index (χ3v) is 4.54. The molecule has 8 heteroatoms. The first-order chi connectivity index (χ1) is 13.6. The second-order valence-corrected chi connectivity index (χ2v) is 6.23. The van der Waals surface area contributed by atoms with E-state index in [0.717, 1.165) is 0 Å². The van der Waals surface area contributed by atoms with Crippen molar-refractivity contribution in [3.05, 3.63) is 71.2 Å². The number of benzene rings is 1. The number of ether oxygens (including phenoxy) is 1. The van der Waals surface area contributed by atoms with E-state index in [4.69, 9.17) is 4.74 Å². The molecule has 3 heterocycles. The van der Waals surface area contributed by atoms with Gasteiger partial charge in [-0.3, -0.25) is 14.6 Å². The van der Waals surface area contributed by atoms with Crippen LogP contribution in [0, 0.1) is 5.82 Å². The molecule has 0 aliphatic rings. The number of aromatic nitrogens is 3.